The van der Waals surface area contributed by atoms with E-state index in [0.29, 0.717) is 6.04 Å². The zero-order chi connectivity index (χ0) is 13.6. The Hall–Kier alpha value is -1.81. The van der Waals surface area contributed by atoms with Crippen LogP contribution in [-0.4, -0.2) is 9.55 Å². The Kier molecular flexibility index (Phi) is 2.82. The summed E-state index contributed by atoms with van der Waals surface area (Å²) in [6.45, 7) is 6.44. The van der Waals surface area contributed by atoms with Crippen LogP contribution in [0, 0.1) is 6.92 Å². The van der Waals surface area contributed by atoms with Gasteiger partial charge >= 0.3 is 0 Å². The maximum Gasteiger partial charge on any atom is 0.153 e. The topological polar surface area (TPSA) is 43.8 Å². The molecule has 0 fully saturated rings. The molecule has 0 spiro atoms. The Labute approximate surface area is 116 Å². The van der Waals surface area contributed by atoms with Gasteiger partial charge in [0.2, 0.25) is 0 Å². The van der Waals surface area contributed by atoms with E-state index in [4.69, 9.17) is 10.7 Å². The molecule has 98 valence electrons. The van der Waals surface area contributed by atoms with Crippen LogP contribution >= 0.6 is 11.3 Å². The van der Waals surface area contributed by atoms with Crippen molar-refractivity contribution in [2.75, 3.05) is 5.73 Å². The van der Waals surface area contributed by atoms with Crippen LogP contribution in [0.5, 0.6) is 0 Å². The van der Waals surface area contributed by atoms with E-state index in [1.807, 2.05) is 11.4 Å². The van der Waals surface area contributed by atoms with Crippen molar-refractivity contribution < 1.29 is 0 Å². The molecule has 0 amide bonds. The molecule has 0 aliphatic rings. The van der Waals surface area contributed by atoms with Crippen LogP contribution in [-0.2, 0) is 0 Å². The van der Waals surface area contributed by atoms with Crippen molar-refractivity contribution >= 4 is 28.1 Å². The van der Waals surface area contributed by atoms with E-state index in [1.54, 1.807) is 11.3 Å². The van der Waals surface area contributed by atoms with Crippen molar-refractivity contribution in [1.82, 2.24) is 9.55 Å². The lowest BCUT2D eigenvalue weighted by molar-refractivity contribution is 0.625. The van der Waals surface area contributed by atoms with Crippen molar-refractivity contribution in [3.05, 3.63) is 35.2 Å². The molecule has 0 aliphatic heterocycles. The Bertz CT molecular complexity index is 737. The number of fused-ring (bicyclic) bond motifs is 1. The molecule has 0 saturated carbocycles. The van der Waals surface area contributed by atoms with Gasteiger partial charge in [0.25, 0.3) is 0 Å². The van der Waals surface area contributed by atoms with Crippen molar-refractivity contribution in [1.29, 1.82) is 0 Å². The molecule has 0 bridgehead atoms. The highest BCUT2D eigenvalue weighted by atomic mass is 32.1. The molecule has 3 aromatic rings. The zero-order valence-corrected chi connectivity index (χ0v) is 12.2. The van der Waals surface area contributed by atoms with Crippen molar-refractivity contribution in [3.63, 3.8) is 0 Å². The van der Waals surface area contributed by atoms with E-state index in [0.717, 1.165) is 21.9 Å². The number of imidazole rings is 1. The number of hydrogen-bond donors (Lipinski definition) is 1. The summed E-state index contributed by atoms with van der Waals surface area (Å²) in [5.74, 6) is 0.975. The minimum absolute atomic E-state index is 0.351. The molecule has 2 heterocycles. The molecule has 3 rings (SSSR count). The van der Waals surface area contributed by atoms with Gasteiger partial charge < -0.3 is 10.3 Å². The van der Waals surface area contributed by atoms with Gasteiger partial charge in [-0.05, 0) is 49.9 Å². The predicted molar refractivity (Wildman–Crippen MR) is 82.6 cm³/mol. The molecule has 0 unspecified atom stereocenters. The summed E-state index contributed by atoms with van der Waals surface area (Å²) in [5.41, 5.74) is 10.3. The first kappa shape index (κ1) is 12.2. The Balaban J connectivity index is 2.35. The fraction of sp³-hybridized carbons (Fsp3) is 0.267. The molecule has 0 aliphatic carbocycles. The summed E-state index contributed by atoms with van der Waals surface area (Å²) >= 11 is 1.65. The smallest absolute Gasteiger partial charge is 0.153 e. The van der Waals surface area contributed by atoms with Crippen LogP contribution in [0.4, 0.5) is 5.69 Å². The van der Waals surface area contributed by atoms with Gasteiger partial charge in [0.05, 0.1) is 21.6 Å². The van der Waals surface area contributed by atoms with E-state index in [1.165, 1.54) is 11.1 Å². The van der Waals surface area contributed by atoms with E-state index in [2.05, 4.69) is 43.5 Å². The monoisotopic (exact) mass is 271 g/mol. The quantitative estimate of drug-likeness (QED) is 0.757. The van der Waals surface area contributed by atoms with Gasteiger partial charge in [0.1, 0.15) is 0 Å². The SMILES string of the molecule is Cc1ccc2c(c1)nc(-c1sccc1N)n2C(C)C. The first-order chi connectivity index (χ1) is 9.08. The number of anilines is 1. The Morgan fingerprint density at radius 2 is 2.05 bits per heavy atom. The van der Waals surface area contributed by atoms with Crippen LogP contribution in [0.2, 0.25) is 0 Å². The van der Waals surface area contributed by atoms with Gasteiger partial charge in [-0.1, -0.05) is 6.07 Å². The van der Waals surface area contributed by atoms with Crippen molar-refractivity contribution in [3.8, 4) is 10.7 Å². The average Bonchev–Trinajstić information content (AvgIpc) is 2.91. The molecule has 19 heavy (non-hydrogen) atoms. The van der Waals surface area contributed by atoms with Gasteiger partial charge in [-0.3, -0.25) is 0 Å². The number of benzene rings is 1. The number of nitrogens with two attached hydrogens (primary N) is 1. The van der Waals surface area contributed by atoms with Crippen molar-refractivity contribution in [2.45, 2.75) is 26.8 Å². The number of aryl methyl sites for hydroxylation is 1. The van der Waals surface area contributed by atoms with E-state index in [9.17, 15) is 0 Å². The second kappa shape index (κ2) is 4.38. The van der Waals surface area contributed by atoms with Gasteiger partial charge in [-0.2, -0.15) is 0 Å². The molecule has 3 nitrogen and oxygen atoms in total. The lowest BCUT2D eigenvalue weighted by Gasteiger charge is -2.12. The molecule has 2 N–H and O–H groups in total. The number of nitrogens with zero attached hydrogens (tertiary/aromatic N) is 2. The van der Waals surface area contributed by atoms with Gasteiger partial charge in [-0.15, -0.1) is 11.3 Å². The molecule has 2 aromatic heterocycles. The first-order valence-corrected chi connectivity index (χ1v) is 7.28. The number of aromatic nitrogens is 2. The predicted octanol–water partition coefficient (Wildman–Crippen LogP) is 4.24. The highest BCUT2D eigenvalue weighted by molar-refractivity contribution is 7.14. The van der Waals surface area contributed by atoms with Gasteiger partial charge in [0, 0.05) is 6.04 Å². The molecule has 0 saturated heterocycles. The summed E-state index contributed by atoms with van der Waals surface area (Å²) in [5, 5.41) is 2.01. The summed E-state index contributed by atoms with van der Waals surface area (Å²) in [6.07, 6.45) is 0. The minimum Gasteiger partial charge on any atom is -0.397 e. The molecular weight excluding hydrogens is 254 g/mol. The third-order valence-corrected chi connectivity index (χ3v) is 4.19. The number of nitrogen functional groups attached to an aromatic ring is 1. The zero-order valence-electron chi connectivity index (χ0n) is 11.3. The normalized spacial score (nSPS) is 11.6. The fourth-order valence-electron chi connectivity index (χ4n) is 2.39. The van der Waals surface area contributed by atoms with Crippen LogP contribution in [0.15, 0.2) is 29.6 Å². The van der Waals surface area contributed by atoms with Gasteiger partial charge in [0.15, 0.2) is 5.82 Å². The molecule has 0 radical (unpaired) electrons. The molecular formula is C15H17N3S. The third kappa shape index (κ3) is 1.92. The number of thiophene rings is 1. The lowest BCUT2D eigenvalue weighted by Crippen LogP contribution is -2.03. The van der Waals surface area contributed by atoms with E-state index >= 15 is 0 Å². The average molecular weight is 271 g/mol. The standard InChI is InChI=1S/C15H17N3S/c1-9(2)18-13-5-4-10(3)8-12(13)17-15(18)14-11(16)6-7-19-14/h4-9H,16H2,1-3H3. The largest absolute Gasteiger partial charge is 0.397 e. The molecule has 0 atom stereocenters. The second-order valence-corrected chi connectivity index (χ2v) is 6.01. The van der Waals surface area contributed by atoms with Gasteiger partial charge in [-0.25, -0.2) is 4.98 Å². The number of rotatable bonds is 2. The van der Waals surface area contributed by atoms with Crippen LogP contribution in [0.25, 0.3) is 21.7 Å². The second-order valence-electron chi connectivity index (χ2n) is 5.10. The fourth-order valence-corrected chi connectivity index (χ4v) is 3.20. The van der Waals surface area contributed by atoms with E-state index in [-0.39, 0.29) is 0 Å². The van der Waals surface area contributed by atoms with Crippen molar-refractivity contribution in [2.24, 2.45) is 0 Å². The Morgan fingerprint density at radius 1 is 1.26 bits per heavy atom. The highest BCUT2D eigenvalue weighted by Gasteiger charge is 2.17. The lowest BCUT2D eigenvalue weighted by atomic mass is 10.2. The molecule has 1 aromatic carbocycles. The summed E-state index contributed by atoms with van der Waals surface area (Å²) in [4.78, 5) is 5.85. The van der Waals surface area contributed by atoms with Crippen LogP contribution in [0.3, 0.4) is 0 Å². The maximum atomic E-state index is 6.05. The summed E-state index contributed by atoms with van der Waals surface area (Å²) in [7, 11) is 0. The minimum atomic E-state index is 0.351. The number of hydrogen-bond acceptors (Lipinski definition) is 3. The molecule has 4 heteroatoms. The summed E-state index contributed by atoms with van der Waals surface area (Å²) < 4.78 is 2.26. The Morgan fingerprint density at radius 3 is 2.68 bits per heavy atom. The van der Waals surface area contributed by atoms with Crippen LogP contribution < -0.4 is 5.73 Å². The van der Waals surface area contributed by atoms with Crippen LogP contribution in [0.1, 0.15) is 25.5 Å². The first-order valence-electron chi connectivity index (χ1n) is 6.40. The third-order valence-electron chi connectivity index (χ3n) is 3.26. The van der Waals surface area contributed by atoms with E-state index < -0.39 is 0 Å². The summed E-state index contributed by atoms with van der Waals surface area (Å²) in [6, 6.07) is 8.69. The highest BCUT2D eigenvalue weighted by Crippen LogP contribution is 2.35. The maximum absolute atomic E-state index is 6.05.